The van der Waals surface area contributed by atoms with Gasteiger partial charge in [-0.2, -0.15) is 13.8 Å². The minimum absolute atomic E-state index is 0.0178. The molecule has 1 fully saturated rings. The van der Waals surface area contributed by atoms with E-state index in [0.717, 1.165) is 0 Å². The van der Waals surface area contributed by atoms with Gasteiger partial charge in [0.1, 0.15) is 23.3 Å². The summed E-state index contributed by atoms with van der Waals surface area (Å²) in [5, 5.41) is 0.235. The summed E-state index contributed by atoms with van der Waals surface area (Å²) in [4.78, 5) is 13.4. The summed E-state index contributed by atoms with van der Waals surface area (Å²) < 4.78 is 36.8. The van der Waals surface area contributed by atoms with Crippen LogP contribution in [0.5, 0.6) is 11.8 Å². The highest BCUT2D eigenvalue weighted by Gasteiger charge is 2.30. The number of methoxy groups -OCH3 is 1. The Kier molecular flexibility index (Phi) is 5.05. The second kappa shape index (κ2) is 7.50. The molecule has 1 unspecified atom stereocenters. The summed E-state index contributed by atoms with van der Waals surface area (Å²) in [5.74, 6) is 0.537. The van der Waals surface area contributed by atoms with Crippen LogP contribution in [0.1, 0.15) is 32.2 Å². The van der Waals surface area contributed by atoms with E-state index >= 15 is 0 Å². The van der Waals surface area contributed by atoms with E-state index in [1.165, 1.54) is 37.7 Å². The number of alkyl halides is 2. The largest absolute Gasteiger partial charge is 0.468 e. The third-order valence-corrected chi connectivity index (χ3v) is 5.60. The highest BCUT2D eigenvalue weighted by atomic mass is 35.5. The van der Waals surface area contributed by atoms with Gasteiger partial charge in [0.2, 0.25) is 0 Å². The molecule has 2 aromatic heterocycles. The van der Waals surface area contributed by atoms with Crippen molar-refractivity contribution in [2.75, 3.05) is 7.11 Å². The molecule has 3 aromatic rings. The maximum atomic E-state index is 12.4. The first kappa shape index (κ1) is 18.9. The minimum Gasteiger partial charge on any atom is -0.468 e. The summed E-state index contributed by atoms with van der Waals surface area (Å²) in [7, 11) is 1.57. The van der Waals surface area contributed by atoms with Crippen LogP contribution < -0.4 is 9.47 Å². The van der Waals surface area contributed by atoms with Crippen LogP contribution in [0.3, 0.4) is 0 Å². The van der Waals surface area contributed by atoms with Crippen LogP contribution in [0, 0.1) is 5.92 Å². The Morgan fingerprint density at radius 2 is 2.04 bits per heavy atom. The zero-order valence-corrected chi connectivity index (χ0v) is 16.2. The Labute approximate surface area is 165 Å². The van der Waals surface area contributed by atoms with Crippen LogP contribution in [0.15, 0.2) is 24.5 Å². The Bertz CT molecular complexity index is 1010. The lowest BCUT2D eigenvalue weighted by molar-refractivity contribution is -0.0498. The summed E-state index contributed by atoms with van der Waals surface area (Å²) in [6.45, 7) is -0.778. The average Bonchev–Trinajstić information content (AvgIpc) is 2.98. The number of halogens is 3. The van der Waals surface area contributed by atoms with Crippen LogP contribution in [0.2, 0.25) is 5.02 Å². The topological polar surface area (TPSA) is 62.1 Å². The average molecular weight is 409 g/mol. The first-order chi connectivity index (χ1) is 13.5. The molecule has 1 aliphatic carbocycles. The number of ether oxygens (including phenoxy) is 2. The highest BCUT2D eigenvalue weighted by molar-refractivity contribution is 6.33. The molecule has 0 bridgehead atoms. The summed E-state index contributed by atoms with van der Waals surface area (Å²) in [5.41, 5.74) is 2.27. The summed E-state index contributed by atoms with van der Waals surface area (Å²) >= 11 is 6.32. The molecule has 0 spiro atoms. The monoisotopic (exact) mass is 408 g/mol. The Hall–Kier alpha value is -2.48. The van der Waals surface area contributed by atoms with Crippen molar-refractivity contribution < 1.29 is 18.3 Å². The molecule has 148 valence electrons. The molecule has 0 amide bonds. The number of rotatable bonds is 6. The number of aromatic nitrogens is 4. The second-order valence-corrected chi connectivity index (χ2v) is 7.22. The standard InChI is InChI=1S/C19H19ClF2N4O2/c1-10(11-4-3-5-11)26-17-16(25-19(26)27-2)15(23-9-24-17)13-7-6-12(8-14(13)20)28-18(21)22/h6-11,18H,3-5H2,1-2H3. The predicted molar refractivity (Wildman–Crippen MR) is 101 cm³/mol. The molecule has 0 saturated heterocycles. The maximum absolute atomic E-state index is 12.4. The maximum Gasteiger partial charge on any atom is 0.387 e. The molecule has 0 radical (unpaired) electrons. The lowest BCUT2D eigenvalue weighted by atomic mass is 9.80. The summed E-state index contributed by atoms with van der Waals surface area (Å²) in [6.07, 6.45) is 5.01. The third kappa shape index (κ3) is 3.26. The van der Waals surface area contributed by atoms with E-state index in [9.17, 15) is 8.78 Å². The zero-order valence-electron chi connectivity index (χ0n) is 15.4. The van der Waals surface area contributed by atoms with Crippen LogP contribution in [0.4, 0.5) is 8.78 Å². The van der Waals surface area contributed by atoms with E-state index in [-0.39, 0.29) is 16.8 Å². The number of fused-ring (bicyclic) bond motifs is 1. The molecule has 4 rings (SSSR count). The normalized spacial score (nSPS) is 15.6. The fourth-order valence-corrected chi connectivity index (χ4v) is 3.85. The molecule has 2 heterocycles. The lowest BCUT2D eigenvalue weighted by Crippen LogP contribution is -2.23. The molecule has 28 heavy (non-hydrogen) atoms. The molecule has 1 aliphatic rings. The van der Waals surface area contributed by atoms with Gasteiger partial charge in [0, 0.05) is 11.6 Å². The SMILES string of the molecule is COc1nc2c(-c3ccc(OC(F)F)cc3Cl)ncnc2n1C(C)C1CCC1. The first-order valence-electron chi connectivity index (χ1n) is 9.01. The van der Waals surface area contributed by atoms with E-state index in [1.54, 1.807) is 13.2 Å². The Morgan fingerprint density at radius 3 is 2.64 bits per heavy atom. The fraction of sp³-hybridized carbons (Fsp3) is 0.421. The van der Waals surface area contributed by atoms with E-state index in [0.29, 0.717) is 34.3 Å². The molecular formula is C19H19ClF2N4O2. The van der Waals surface area contributed by atoms with Crippen molar-refractivity contribution >= 4 is 22.8 Å². The predicted octanol–water partition coefficient (Wildman–Crippen LogP) is 5.12. The van der Waals surface area contributed by atoms with E-state index in [4.69, 9.17) is 16.3 Å². The highest BCUT2D eigenvalue weighted by Crippen LogP contribution is 2.41. The van der Waals surface area contributed by atoms with Crippen molar-refractivity contribution in [3.8, 4) is 23.0 Å². The van der Waals surface area contributed by atoms with Crippen LogP contribution >= 0.6 is 11.6 Å². The van der Waals surface area contributed by atoms with Gasteiger partial charge < -0.3 is 9.47 Å². The van der Waals surface area contributed by atoms with Gasteiger partial charge in [-0.05, 0) is 43.9 Å². The number of hydrogen-bond acceptors (Lipinski definition) is 5. The first-order valence-corrected chi connectivity index (χ1v) is 9.39. The van der Waals surface area contributed by atoms with Gasteiger partial charge in [-0.15, -0.1) is 0 Å². The number of hydrogen-bond donors (Lipinski definition) is 0. The van der Waals surface area contributed by atoms with Crippen molar-refractivity contribution in [2.45, 2.75) is 38.8 Å². The Balaban J connectivity index is 1.81. The molecule has 1 aromatic carbocycles. The van der Waals surface area contributed by atoms with Crippen molar-refractivity contribution in [1.29, 1.82) is 0 Å². The number of imidazole rings is 1. The van der Waals surface area contributed by atoms with E-state index in [1.807, 2.05) is 4.57 Å². The van der Waals surface area contributed by atoms with E-state index < -0.39 is 6.61 Å². The zero-order chi connectivity index (χ0) is 19.8. The van der Waals surface area contributed by atoms with Crippen molar-refractivity contribution in [3.05, 3.63) is 29.5 Å². The molecule has 1 atom stereocenters. The van der Waals surface area contributed by atoms with Gasteiger partial charge in [0.05, 0.1) is 12.1 Å². The van der Waals surface area contributed by atoms with Gasteiger partial charge in [0.15, 0.2) is 5.65 Å². The van der Waals surface area contributed by atoms with Gasteiger partial charge in [-0.3, -0.25) is 4.57 Å². The lowest BCUT2D eigenvalue weighted by Gasteiger charge is -2.32. The van der Waals surface area contributed by atoms with Gasteiger partial charge in [0.25, 0.3) is 6.01 Å². The van der Waals surface area contributed by atoms with Crippen molar-refractivity contribution in [3.63, 3.8) is 0 Å². The molecule has 0 N–H and O–H groups in total. The Morgan fingerprint density at radius 1 is 1.25 bits per heavy atom. The second-order valence-electron chi connectivity index (χ2n) is 6.81. The van der Waals surface area contributed by atoms with Crippen LogP contribution in [-0.2, 0) is 0 Å². The fourth-order valence-electron chi connectivity index (χ4n) is 3.59. The van der Waals surface area contributed by atoms with Gasteiger partial charge in [-0.1, -0.05) is 18.0 Å². The number of benzene rings is 1. The minimum atomic E-state index is -2.92. The third-order valence-electron chi connectivity index (χ3n) is 5.29. The van der Waals surface area contributed by atoms with Gasteiger partial charge in [-0.25, -0.2) is 9.97 Å². The van der Waals surface area contributed by atoms with Crippen LogP contribution in [-0.4, -0.2) is 33.2 Å². The van der Waals surface area contributed by atoms with Crippen LogP contribution in [0.25, 0.3) is 22.4 Å². The number of nitrogens with zero attached hydrogens (tertiary/aromatic N) is 4. The summed E-state index contributed by atoms with van der Waals surface area (Å²) in [6, 6.07) is 5.00. The van der Waals surface area contributed by atoms with Gasteiger partial charge >= 0.3 is 6.61 Å². The molecule has 1 saturated carbocycles. The molecular weight excluding hydrogens is 390 g/mol. The van der Waals surface area contributed by atoms with Crippen molar-refractivity contribution in [2.24, 2.45) is 5.92 Å². The molecule has 9 heteroatoms. The van der Waals surface area contributed by atoms with Crippen molar-refractivity contribution in [1.82, 2.24) is 19.5 Å². The van der Waals surface area contributed by atoms with E-state index in [2.05, 4.69) is 26.6 Å². The smallest absolute Gasteiger partial charge is 0.387 e. The molecule has 0 aliphatic heterocycles. The quantitative estimate of drug-likeness (QED) is 0.566. The molecule has 6 nitrogen and oxygen atoms in total.